The molecule has 0 fully saturated rings. The quantitative estimate of drug-likeness (QED) is 0.601. The van der Waals surface area contributed by atoms with Gasteiger partial charge in [0, 0.05) is 29.2 Å². The second kappa shape index (κ2) is 8.82. The summed E-state index contributed by atoms with van der Waals surface area (Å²) in [7, 11) is 0. The summed E-state index contributed by atoms with van der Waals surface area (Å²) >= 11 is 0. The Hall–Kier alpha value is -3.28. The van der Waals surface area contributed by atoms with Crippen LogP contribution in [-0.4, -0.2) is 24.5 Å². The fourth-order valence-corrected chi connectivity index (χ4v) is 3.33. The first-order valence-corrected chi connectivity index (χ1v) is 9.69. The summed E-state index contributed by atoms with van der Waals surface area (Å²) in [6, 6.07) is 9.35. The number of ether oxygens (including phenoxy) is 2. The Morgan fingerprint density at radius 2 is 2.00 bits per heavy atom. The molecule has 0 aromatic heterocycles. The van der Waals surface area contributed by atoms with E-state index in [9.17, 15) is 9.59 Å². The number of benzene rings is 2. The summed E-state index contributed by atoms with van der Waals surface area (Å²) in [5.74, 6) is 0.705. The zero-order valence-electron chi connectivity index (χ0n) is 17.2. The Morgan fingerprint density at radius 1 is 1.21 bits per heavy atom. The number of hydrazine groups is 1. The lowest BCUT2D eigenvalue weighted by Crippen LogP contribution is -2.41. The Kier molecular flexibility index (Phi) is 6.22. The molecule has 1 atom stereocenters. The van der Waals surface area contributed by atoms with E-state index >= 15 is 0 Å². The second-order valence-electron chi connectivity index (χ2n) is 7.16. The number of amides is 2. The molecule has 1 aliphatic heterocycles. The van der Waals surface area contributed by atoms with Crippen molar-refractivity contribution in [2.45, 2.75) is 40.2 Å². The molecule has 3 rings (SSSR count). The maximum atomic E-state index is 12.3. The number of fused-ring (bicyclic) bond motifs is 1. The third-order valence-electron chi connectivity index (χ3n) is 4.67. The average molecular weight is 394 g/mol. The van der Waals surface area contributed by atoms with E-state index in [4.69, 9.17) is 9.47 Å². The lowest BCUT2D eigenvalue weighted by atomic mass is 10.1. The minimum atomic E-state index is -0.444. The predicted molar refractivity (Wildman–Crippen MR) is 112 cm³/mol. The smallest absolute Gasteiger partial charge is 0.269 e. The number of rotatable bonds is 5. The molecular formula is C23H26N2O4. The molecule has 1 aliphatic rings. The molecule has 2 N–H and O–H groups in total. The van der Waals surface area contributed by atoms with Crippen LogP contribution >= 0.6 is 0 Å². The first-order chi connectivity index (χ1) is 13.9. The molecule has 2 amide bonds. The van der Waals surface area contributed by atoms with Gasteiger partial charge in [0.1, 0.15) is 17.6 Å². The molecular weight excluding hydrogens is 368 g/mol. The van der Waals surface area contributed by atoms with Gasteiger partial charge < -0.3 is 9.47 Å². The highest BCUT2D eigenvalue weighted by atomic mass is 16.5. The summed E-state index contributed by atoms with van der Waals surface area (Å²) in [5, 5.41) is 0. The van der Waals surface area contributed by atoms with Gasteiger partial charge in [-0.3, -0.25) is 20.4 Å². The number of hydrogen-bond acceptors (Lipinski definition) is 4. The van der Waals surface area contributed by atoms with Gasteiger partial charge in [-0.05, 0) is 57.5 Å². The highest BCUT2D eigenvalue weighted by molar-refractivity contribution is 5.99. The van der Waals surface area contributed by atoms with Crippen LogP contribution < -0.4 is 20.3 Å². The molecule has 2 aromatic carbocycles. The number of aryl methyl sites for hydroxylation is 2. The SMILES string of the molecule is CCOc1cc2c(cc1/C=C/C(=O)NNC(=O)c1ccc(C)cc1C)O[C@H](C)C2. The first kappa shape index (κ1) is 20.5. The van der Waals surface area contributed by atoms with Crippen LogP contribution in [-0.2, 0) is 11.2 Å². The van der Waals surface area contributed by atoms with Crippen molar-refractivity contribution in [3.05, 3.63) is 64.2 Å². The fraction of sp³-hybridized carbons (Fsp3) is 0.304. The third-order valence-corrected chi connectivity index (χ3v) is 4.67. The van der Waals surface area contributed by atoms with Gasteiger partial charge in [0.15, 0.2) is 0 Å². The minimum absolute atomic E-state index is 0.127. The van der Waals surface area contributed by atoms with Crippen LogP contribution in [0.1, 0.15) is 46.5 Å². The number of carbonyl (C=O) groups excluding carboxylic acids is 2. The number of hydrogen-bond donors (Lipinski definition) is 2. The van der Waals surface area contributed by atoms with Crippen LogP contribution in [0.15, 0.2) is 36.4 Å². The molecule has 0 spiro atoms. The molecule has 0 unspecified atom stereocenters. The van der Waals surface area contributed by atoms with Crippen LogP contribution in [0, 0.1) is 13.8 Å². The van der Waals surface area contributed by atoms with Crippen molar-refractivity contribution in [2.24, 2.45) is 0 Å². The molecule has 2 aromatic rings. The van der Waals surface area contributed by atoms with E-state index in [1.54, 1.807) is 12.1 Å². The largest absolute Gasteiger partial charge is 0.493 e. The van der Waals surface area contributed by atoms with E-state index < -0.39 is 5.91 Å². The molecule has 152 valence electrons. The van der Waals surface area contributed by atoms with Crippen molar-refractivity contribution in [1.82, 2.24) is 10.9 Å². The molecule has 6 nitrogen and oxygen atoms in total. The van der Waals surface area contributed by atoms with Crippen molar-refractivity contribution >= 4 is 17.9 Å². The van der Waals surface area contributed by atoms with Gasteiger partial charge in [0.05, 0.1) is 6.61 Å². The summed E-state index contributed by atoms with van der Waals surface area (Å²) in [6.07, 6.45) is 3.97. The van der Waals surface area contributed by atoms with Gasteiger partial charge in [-0.25, -0.2) is 0 Å². The predicted octanol–water partition coefficient (Wildman–Crippen LogP) is 3.50. The number of carbonyl (C=O) groups is 2. The summed E-state index contributed by atoms with van der Waals surface area (Å²) in [6.45, 7) is 8.27. The molecule has 6 heteroatoms. The van der Waals surface area contributed by atoms with E-state index in [0.717, 1.165) is 34.4 Å². The summed E-state index contributed by atoms with van der Waals surface area (Å²) in [5.41, 5.74) is 9.13. The minimum Gasteiger partial charge on any atom is -0.493 e. The van der Waals surface area contributed by atoms with Gasteiger partial charge in [-0.2, -0.15) is 0 Å². The van der Waals surface area contributed by atoms with E-state index in [2.05, 4.69) is 10.9 Å². The molecule has 29 heavy (non-hydrogen) atoms. The Bertz CT molecular complexity index is 966. The van der Waals surface area contributed by atoms with Gasteiger partial charge in [-0.1, -0.05) is 17.7 Å². The highest BCUT2D eigenvalue weighted by Gasteiger charge is 2.21. The summed E-state index contributed by atoms with van der Waals surface area (Å²) < 4.78 is 11.5. The van der Waals surface area contributed by atoms with Crippen molar-refractivity contribution in [3.8, 4) is 11.5 Å². The monoisotopic (exact) mass is 394 g/mol. The normalized spacial score (nSPS) is 15.0. The molecule has 0 saturated carbocycles. The zero-order chi connectivity index (χ0) is 21.0. The highest BCUT2D eigenvalue weighted by Crippen LogP contribution is 2.35. The van der Waals surface area contributed by atoms with Crippen LogP contribution in [0.5, 0.6) is 11.5 Å². The molecule has 0 radical (unpaired) electrons. The maximum Gasteiger partial charge on any atom is 0.269 e. The van der Waals surface area contributed by atoms with Crippen molar-refractivity contribution in [3.63, 3.8) is 0 Å². The fourth-order valence-electron chi connectivity index (χ4n) is 3.33. The van der Waals surface area contributed by atoms with Crippen LogP contribution in [0.3, 0.4) is 0 Å². The molecule has 0 bridgehead atoms. The van der Waals surface area contributed by atoms with E-state index in [1.165, 1.54) is 6.08 Å². The Balaban J connectivity index is 1.66. The number of nitrogens with one attached hydrogen (secondary N) is 2. The average Bonchev–Trinajstić information content (AvgIpc) is 3.03. The Labute approximate surface area is 170 Å². The second-order valence-corrected chi connectivity index (χ2v) is 7.16. The third kappa shape index (κ3) is 4.96. The van der Waals surface area contributed by atoms with Gasteiger partial charge in [-0.15, -0.1) is 0 Å². The molecule has 0 aliphatic carbocycles. The van der Waals surface area contributed by atoms with Gasteiger partial charge in [0.2, 0.25) is 0 Å². The lowest BCUT2D eigenvalue weighted by molar-refractivity contribution is -0.117. The lowest BCUT2D eigenvalue weighted by Gasteiger charge is -2.10. The van der Waals surface area contributed by atoms with E-state index in [0.29, 0.717) is 17.9 Å². The van der Waals surface area contributed by atoms with Crippen molar-refractivity contribution < 1.29 is 19.1 Å². The van der Waals surface area contributed by atoms with E-state index in [-0.39, 0.29) is 12.0 Å². The Morgan fingerprint density at radius 3 is 2.72 bits per heavy atom. The van der Waals surface area contributed by atoms with Crippen LogP contribution in [0.2, 0.25) is 0 Å². The van der Waals surface area contributed by atoms with Gasteiger partial charge in [0.25, 0.3) is 11.8 Å². The van der Waals surface area contributed by atoms with Gasteiger partial charge >= 0.3 is 0 Å². The summed E-state index contributed by atoms with van der Waals surface area (Å²) in [4.78, 5) is 24.4. The van der Waals surface area contributed by atoms with Crippen molar-refractivity contribution in [2.75, 3.05) is 6.61 Å². The standard InChI is InChI=1S/C23H26N2O4/c1-5-28-20-13-18-11-16(4)29-21(18)12-17(20)7-9-22(26)24-25-23(27)19-8-6-14(2)10-15(19)3/h6-10,12-13,16H,5,11H2,1-4H3,(H,24,26)(H,25,27)/b9-7+/t16-/m1/s1. The van der Waals surface area contributed by atoms with Crippen molar-refractivity contribution in [1.29, 1.82) is 0 Å². The zero-order valence-corrected chi connectivity index (χ0v) is 17.2. The first-order valence-electron chi connectivity index (χ1n) is 9.69. The molecule has 1 heterocycles. The van der Waals surface area contributed by atoms with E-state index in [1.807, 2.05) is 52.0 Å². The van der Waals surface area contributed by atoms with Crippen LogP contribution in [0.4, 0.5) is 0 Å². The molecule has 0 saturated heterocycles. The maximum absolute atomic E-state index is 12.3. The topological polar surface area (TPSA) is 76.7 Å². The van der Waals surface area contributed by atoms with Crippen LogP contribution in [0.25, 0.3) is 6.08 Å².